The van der Waals surface area contributed by atoms with E-state index in [4.69, 9.17) is 4.74 Å². The summed E-state index contributed by atoms with van der Waals surface area (Å²) in [4.78, 5) is 0. The molecule has 3 nitrogen and oxygen atoms in total. The second-order valence-electron chi connectivity index (χ2n) is 8.87. The maximum atomic E-state index is 14.1. The predicted molar refractivity (Wildman–Crippen MR) is 91.9 cm³/mol. The summed E-state index contributed by atoms with van der Waals surface area (Å²) >= 11 is 0. The van der Waals surface area contributed by atoms with E-state index in [0.717, 1.165) is 0 Å². The number of hydrogen-bond donors (Lipinski definition) is 0. The first-order valence-corrected chi connectivity index (χ1v) is 10.1. The zero-order valence-electron chi connectivity index (χ0n) is 19.2. The van der Waals surface area contributed by atoms with Gasteiger partial charge in [0.25, 0.3) is 0 Å². The van der Waals surface area contributed by atoms with E-state index in [0.29, 0.717) is 0 Å². The molecular formula is C19H11F19O3. The summed E-state index contributed by atoms with van der Waals surface area (Å²) < 4.78 is 267. The molecule has 0 spiro atoms. The fourth-order valence-corrected chi connectivity index (χ4v) is 2.88. The molecule has 0 atom stereocenters. The van der Waals surface area contributed by atoms with E-state index in [9.17, 15) is 83.4 Å². The molecular weight excluding hydrogens is 637 g/mol. The van der Waals surface area contributed by atoms with Gasteiger partial charge in [0.15, 0.2) is 18.1 Å². The number of ether oxygens (including phenoxy) is 3. The molecule has 41 heavy (non-hydrogen) atoms. The minimum absolute atomic E-state index is 0.0743. The van der Waals surface area contributed by atoms with Crippen LogP contribution in [0.5, 0.6) is 11.5 Å². The molecule has 0 unspecified atom stereocenters. The van der Waals surface area contributed by atoms with Crippen LogP contribution in [-0.4, -0.2) is 68.1 Å². The highest BCUT2D eigenvalue weighted by Gasteiger charge is 2.93. The maximum absolute atomic E-state index is 14.1. The van der Waals surface area contributed by atoms with E-state index < -0.39 is 95.1 Å². The summed E-state index contributed by atoms with van der Waals surface area (Å²) in [5.41, 5.74) is -0.942. The van der Waals surface area contributed by atoms with Gasteiger partial charge in [0.2, 0.25) is 23.3 Å². The Balaban J connectivity index is 2.41. The smallest absolute Gasteiger partial charge is 0.460 e. The lowest BCUT2D eigenvalue weighted by Gasteiger charge is -2.41. The van der Waals surface area contributed by atoms with Crippen molar-refractivity contribution in [2.75, 3.05) is 26.4 Å². The number of hydrogen-bond acceptors (Lipinski definition) is 3. The molecule has 0 bridgehead atoms. The lowest BCUT2D eigenvalue weighted by Crippen LogP contribution is -2.73. The Labute approximate surface area is 214 Å². The number of alkyl halides is 15. The summed E-state index contributed by atoms with van der Waals surface area (Å²) in [7, 11) is 0. The van der Waals surface area contributed by atoms with Crippen molar-refractivity contribution < 1.29 is 97.6 Å². The fourth-order valence-electron chi connectivity index (χ4n) is 2.88. The van der Waals surface area contributed by atoms with Gasteiger partial charge in [0.1, 0.15) is 0 Å². The molecule has 1 aromatic carbocycles. The van der Waals surface area contributed by atoms with Crippen LogP contribution < -0.4 is 9.47 Å². The van der Waals surface area contributed by atoms with Gasteiger partial charge in [-0.3, -0.25) is 0 Å². The molecule has 1 aromatic rings. The molecule has 1 aliphatic rings. The quantitative estimate of drug-likeness (QED) is 0.185. The number of rotatable bonds is 11. The normalized spacial score (nSPS) is 17.4. The standard InChI is InChI=1S/C19H11F19O3/c1-12(2-39-3-12)4-40-10-6(20)8(22)11(9(23)7(10)21)41-5-13(24,25)14(26,27)15(28,29)16(30,31)17(32,33)18(34,35)19(36,37)38/h2-5H2,1H3. The van der Waals surface area contributed by atoms with Crippen LogP contribution in [0, 0.1) is 28.7 Å². The van der Waals surface area contributed by atoms with E-state index in [-0.39, 0.29) is 13.2 Å². The summed E-state index contributed by atoms with van der Waals surface area (Å²) in [5.74, 6) is -64.5. The van der Waals surface area contributed by atoms with Crippen molar-refractivity contribution in [3.05, 3.63) is 23.3 Å². The van der Waals surface area contributed by atoms with Gasteiger partial charge >= 0.3 is 41.7 Å². The van der Waals surface area contributed by atoms with Gasteiger partial charge in [-0.1, -0.05) is 6.92 Å². The highest BCUT2D eigenvalue weighted by molar-refractivity contribution is 5.38. The highest BCUT2D eigenvalue weighted by Crippen LogP contribution is 2.62. The third-order valence-corrected chi connectivity index (χ3v) is 5.44. The third kappa shape index (κ3) is 5.17. The van der Waals surface area contributed by atoms with Crippen molar-refractivity contribution in [3.8, 4) is 11.5 Å². The topological polar surface area (TPSA) is 27.7 Å². The molecule has 22 heteroatoms. The molecule has 0 amide bonds. The first-order valence-electron chi connectivity index (χ1n) is 10.1. The summed E-state index contributed by atoms with van der Waals surface area (Å²) in [6.07, 6.45) is -7.81. The van der Waals surface area contributed by atoms with Crippen LogP contribution >= 0.6 is 0 Å². The van der Waals surface area contributed by atoms with Crippen LogP contribution in [0.4, 0.5) is 83.4 Å². The van der Waals surface area contributed by atoms with Crippen LogP contribution in [0.25, 0.3) is 0 Å². The van der Waals surface area contributed by atoms with Crippen LogP contribution in [0.3, 0.4) is 0 Å². The Morgan fingerprint density at radius 3 is 1.24 bits per heavy atom. The van der Waals surface area contributed by atoms with Crippen LogP contribution in [0.15, 0.2) is 0 Å². The zero-order chi connectivity index (χ0) is 32.4. The van der Waals surface area contributed by atoms with Gasteiger partial charge < -0.3 is 14.2 Å². The Morgan fingerprint density at radius 1 is 0.561 bits per heavy atom. The van der Waals surface area contributed by atoms with Gasteiger partial charge in [0, 0.05) is 5.41 Å². The third-order valence-electron chi connectivity index (χ3n) is 5.44. The molecule has 0 saturated carbocycles. The first-order chi connectivity index (χ1) is 18.0. The molecule has 0 N–H and O–H groups in total. The van der Waals surface area contributed by atoms with Gasteiger partial charge in [-0.15, -0.1) is 0 Å². The van der Waals surface area contributed by atoms with Gasteiger partial charge in [-0.05, 0) is 0 Å². The summed E-state index contributed by atoms with van der Waals surface area (Å²) in [5, 5.41) is 0. The predicted octanol–water partition coefficient (Wildman–Crippen LogP) is 7.41. The van der Waals surface area contributed by atoms with Crippen molar-refractivity contribution in [2.24, 2.45) is 5.41 Å². The number of benzene rings is 1. The van der Waals surface area contributed by atoms with E-state index in [1.165, 1.54) is 6.92 Å². The van der Waals surface area contributed by atoms with Crippen molar-refractivity contribution in [3.63, 3.8) is 0 Å². The second kappa shape index (κ2) is 10.0. The monoisotopic (exact) mass is 648 g/mol. The molecule has 2 rings (SSSR count). The second-order valence-corrected chi connectivity index (χ2v) is 8.87. The van der Waals surface area contributed by atoms with E-state index in [1.54, 1.807) is 0 Å². The Kier molecular flexibility index (Phi) is 8.47. The average Bonchev–Trinajstić information content (AvgIpc) is 2.80. The highest BCUT2D eigenvalue weighted by atomic mass is 19.4. The lowest BCUT2D eigenvalue weighted by atomic mass is 9.90. The van der Waals surface area contributed by atoms with E-state index in [1.807, 2.05) is 0 Å². The van der Waals surface area contributed by atoms with Gasteiger partial charge in [0.05, 0.1) is 19.8 Å². The Bertz CT molecular complexity index is 1110. The Hall–Kier alpha value is -2.55. The molecule has 1 saturated heterocycles. The summed E-state index contributed by atoms with van der Waals surface area (Å²) in [6, 6.07) is 0. The molecule has 0 aromatic heterocycles. The maximum Gasteiger partial charge on any atom is 0.460 e. The average molecular weight is 648 g/mol. The molecule has 1 fully saturated rings. The van der Waals surface area contributed by atoms with Crippen LogP contribution in [0.2, 0.25) is 0 Å². The Morgan fingerprint density at radius 2 is 0.902 bits per heavy atom. The summed E-state index contributed by atoms with van der Waals surface area (Å²) in [6.45, 7) is -3.16. The SMILES string of the molecule is CC1(COc2c(F)c(F)c(OCC(F)(F)C(F)(F)C(F)(F)C(F)(F)C(F)(F)C(F)(F)C(F)(F)F)c(F)c2F)COC1. The van der Waals surface area contributed by atoms with Crippen LogP contribution in [0.1, 0.15) is 6.92 Å². The van der Waals surface area contributed by atoms with Crippen molar-refractivity contribution in [1.29, 1.82) is 0 Å². The molecule has 0 radical (unpaired) electrons. The minimum atomic E-state index is -8.61. The lowest BCUT2D eigenvalue weighted by molar-refractivity contribution is -0.453. The largest absolute Gasteiger partial charge is 0.487 e. The van der Waals surface area contributed by atoms with E-state index in [2.05, 4.69) is 9.47 Å². The molecule has 238 valence electrons. The minimum Gasteiger partial charge on any atom is -0.487 e. The van der Waals surface area contributed by atoms with Crippen molar-refractivity contribution in [1.82, 2.24) is 0 Å². The van der Waals surface area contributed by atoms with Crippen molar-refractivity contribution >= 4 is 0 Å². The molecule has 0 aliphatic carbocycles. The molecule has 1 aliphatic heterocycles. The van der Waals surface area contributed by atoms with E-state index >= 15 is 0 Å². The van der Waals surface area contributed by atoms with Gasteiger partial charge in [-0.25, -0.2) is 0 Å². The van der Waals surface area contributed by atoms with Gasteiger partial charge in [-0.2, -0.15) is 83.4 Å². The number of halogens is 19. The zero-order valence-corrected chi connectivity index (χ0v) is 19.2. The fraction of sp³-hybridized carbons (Fsp3) is 0.684. The van der Waals surface area contributed by atoms with Crippen molar-refractivity contribution in [2.45, 2.75) is 48.6 Å². The first kappa shape index (κ1) is 34.7. The molecule has 1 heterocycles. The van der Waals surface area contributed by atoms with Crippen LogP contribution in [-0.2, 0) is 4.74 Å².